The highest BCUT2D eigenvalue weighted by Crippen LogP contribution is 2.45. The minimum atomic E-state index is 0.204. The van der Waals surface area contributed by atoms with E-state index in [1.807, 2.05) is 12.3 Å². The first-order chi connectivity index (χ1) is 12.3. The third-order valence-electron chi connectivity index (χ3n) is 4.90. The number of benzene rings is 2. The average molecular weight is 326 g/mol. The standard InChI is InChI=1S/C23H22N2/c1-18-16-22(19-10-4-2-5-11-19)25(20-12-6-3-7-13-20)23(17-18)21-14-8-9-15-24-21/h2-15,22-23H,1,16-17H2/t22-,23+/m0/s1. The third-order valence-corrected chi connectivity index (χ3v) is 4.90. The first kappa shape index (κ1) is 15.6. The Morgan fingerprint density at radius 3 is 2.08 bits per heavy atom. The van der Waals surface area contributed by atoms with E-state index in [0.717, 1.165) is 18.5 Å². The fourth-order valence-corrected chi connectivity index (χ4v) is 3.78. The van der Waals surface area contributed by atoms with Crippen molar-refractivity contribution in [2.75, 3.05) is 4.90 Å². The molecule has 2 aromatic carbocycles. The first-order valence-corrected chi connectivity index (χ1v) is 8.79. The normalized spacial score (nSPS) is 20.5. The predicted molar refractivity (Wildman–Crippen MR) is 103 cm³/mol. The highest BCUT2D eigenvalue weighted by Gasteiger charge is 2.34. The summed E-state index contributed by atoms with van der Waals surface area (Å²) in [5, 5.41) is 0. The Morgan fingerprint density at radius 2 is 1.40 bits per heavy atom. The van der Waals surface area contributed by atoms with Gasteiger partial charge in [0.1, 0.15) is 0 Å². The van der Waals surface area contributed by atoms with E-state index in [1.165, 1.54) is 16.8 Å². The second kappa shape index (κ2) is 6.94. The minimum Gasteiger partial charge on any atom is -0.355 e. The highest BCUT2D eigenvalue weighted by atomic mass is 15.2. The van der Waals surface area contributed by atoms with Crippen LogP contribution in [0.2, 0.25) is 0 Å². The smallest absolute Gasteiger partial charge is 0.0757 e. The second-order valence-electron chi connectivity index (χ2n) is 6.60. The summed E-state index contributed by atoms with van der Waals surface area (Å²) in [7, 11) is 0. The Bertz CT molecular complexity index is 776. The molecule has 0 aliphatic carbocycles. The number of rotatable bonds is 3. The second-order valence-corrected chi connectivity index (χ2v) is 6.60. The molecule has 0 radical (unpaired) electrons. The van der Waals surface area contributed by atoms with E-state index in [-0.39, 0.29) is 12.1 Å². The van der Waals surface area contributed by atoms with Crippen LogP contribution in [0, 0.1) is 0 Å². The maximum atomic E-state index is 4.66. The van der Waals surface area contributed by atoms with Crippen LogP contribution in [0.15, 0.2) is 97.2 Å². The fraction of sp³-hybridized carbons (Fsp3) is 0.174. The van der Waals surface area contributed by atoms with E-state index in [9.17, 15) is 0 Å². The number of anilines is 1. The Labute approximate surface area is 149 Å². The number of para-hydroxylation sites is 1. The van der Waals surface area contributed by atoms with Crippen LogP contribution in [-0.4, -0.2) is 4.98 Å². The summed E-state index contributed by atoms with van der Waals surface area (Å²) >= 11 is 0. The van der Waals surface area contributed by atoms with Gasteiger partial charge >= 0.3 is 0 Å². The number of pyridine rings is 1. The van der Waals surface area contributed by atoms with Gasteiger partial charge in [0.05, 0.1) is 17.8 Å². The lowest BCUT2D eigenvalue weighted by molar-refractivity contribution is 0.457. The van der Waals surface area contributed by atoms with Gasteiger partial charge in [0, 0.05) is 11.9 Å². The summed E-state index contributed by atoms with van der Waals surface area (Å²) in [6, 6.07) is 28.1. The van der Waals surface area contributed by atoms with Crippen LogP contribution in [0.3, 0.4) is 0 Å². The number of hydrogen-bond acceptors (Lipinski definition) is 2. The minimum absolute atomic E-state index is 0.204. The van der Waals surface area contributed by atoms with Gasteiger partial charge in [0.25, 0.3) is 0 Å². The van der Waals surface area contributed by atoms with Gasteiger partial charge in [-0.05, 0) is 42.7 Å². The predicted octanol–water partition coefficient (Wildman–Crippen LogP) is 5.72. The summed E-state index contributed by atoms with van der Waals surface area (Å²) < 4.78 is 0. The summed E-state index contributed by atoms with van der Waals surface area (Å²) in [6.45, 7) is 4.34. The van der Waals surface area contributed by atoms with Gasteiger partial charge in [-0.2, -0.15) is 0 Å². The van der Waals surface area contributed by atoms with Crippen LogP contribution in [0.4, 0.5) is 5.69 Å². The Balaban J connectivity index is 1.83. The van der Waals surface area contributed by atoms with Crippen LogP contribution in [0.1, 0.15) is 36.2 Å². The van der Waals surface area contributed by atoms with Gasteiger partial charge in [-0.3, -0.25) is 4.98 Å². The van der Waals surface area contributed by atoms with Crippen LogP contribution in [-0.2, 0) is 0 Å². The number of hydrogen-bond donors (Lipinski definition) is 0. The summed E-state index contributed by atoms with van der Waals surface area (Å²) in [5.74, 6) is 0. The third kappa shape index (κ3) is 3.20. The quantitative estimate of drug-likeness (QED) is 0.572. The molecule has 2 atom stereocenters. The van der Waals surface area contributed by atoms with E-state index < -0.39 is 0 Å². The van der Waals surface area contributed by atoms with E-state index in [0.29, 0.717) is 0 Å². The fourth-order valence-electron chi connectivity index (χ4n) is 3.78. The zero-order valence-electron chi connectivity index (χ0n) is 14.3. The van der Waals surface area contributed by atoms with Crippen molar-refractivity contribution in [2.24, 2.45) is 0 Å². The Hall–Kier alpha value is -2.87. The van der Waals surface area contributed by atoms with Gasteiger partial charge in [-0.25, -0.2) is 0 Å². The molecule has 3 aromatic rings. The molecule has 25 heavy (non-hydrogen) atoms. The van der Waals surface area contributed by atoms with Crippen molar-refractivity contribution in [3.63, 3.8) is 0 Å². The topological polar surface area (TPSA) is 16.1 Å². The maximum Gasteiger partial charge on any atom is 0.0757 e. The Kier molecular flexibility index (Phi) is 4.34. The number of nitrogens with zero attached hydrogens (tertiary/aromatic N) is 2. The molecule has 2 heteroatoms. The molecule has 0 N–H and O–H groups in total. The van der Waals surface area contributed by atoms with Crippen LogP contribution in [0.5, 0.6) is 0 Å². The van der Waals surface area contributed by atoms with Gasteiger partial charge in [-0.1, -0.05) is 66.7 Å². The van der Waals surface area contributed by atoms with Crippen LogP contribution in [0.25, 0.3) is 0 Å². The summed E-state index contributed by atoms with van der Waals surface area (Å²) in [6.07, 6.45) is 3.80. The molecule has 0 bridgehead atoms. The molecule has 1 aliphatic rings. The molecule has 0 unspecified atom stereocenters. The number of aromatic nitrogens is 1. The van der Waals surface area contributed by atoms with Gasteiger partial charge in [0.15, 0.2) is 0 Å². The van der Waals surface area contributed by atoms with Crippen molar-refractivity contribution in [1.29, 1.82) is 0 Å². The van der Waals surface area contributed by atoms with Gasteiger partial charge < -0.3 is 4.90 Å². The largest absolute Gasteiger partial charge is 0.355 e. The molecule has 2 heterocycles. The lowest BCUT2D eigenvalue weighted by atomic mass is 9.86. The molecule has 0 spiro atoms. The van der Waals surface area contributed by atoms with E-state index in [4.69, 9.17) is 0 Å². The SMILES string of the molecule is C=C1C[C@H](c2ccccn2)N(c2ccccc2)[C@H](c2ccccc2)C1. The van der Waals surface area contributed by atoms with Crippen molar-refractivity contribution in [2.45, 2.75) is 24.9 Å². The maximum absolute atomic E-state index is 4.66. The lowest BCUT2D eigenvalue weighted by Crippen LogP contribution is -2.37. The molecular weight excluding hydrogens is 304 g/mol. The van der Waals surface area contributed by atoms with E-state index >= 15 is 0 Å². The van der Waals surface area contributed by atoms with Gasteiger partial charge in [0.2, 0.25) is 0 Å². The monoisotopic (exact) mass is 326 g/mol. The van der Waals surface area contributed by atoms with Crippen molar-refractivity contribution in [3.8, 4) is 0 Å². The lowest BCUT2D eigenvalue weighted by Gasteiger charge is -2.44. The van der Waals surface area contributed by atoms with Gasteiger partial charge in [-0.15, -0.1) is 0 Å². The molecule has 1 aliphatic heterocycles. The number of piperidine rings is 1. The van der Waals surface area contributed by atoms with E-state index in [1.54, 1.807) is 0 Å². The van der Waals surface area contributed by atoms with E-state index in [2.05, 4.69) is 89.3 Å². The first-order valence-electron chi connectivity index (χ1n) is 8.79. The summed E-state index contributed by atoms with van der Waals surface area (Å²) in [4.78, 5) is 7.18. The molecule has 4 rings (SSSR count). The molecule has 0 amide bonds. The molecule has 2 nitrogen and oxygen atoms in total. The zero-order chi connectivity index (χ0) is 17.1. The molecule has 0 saturated carbocycles. The summed E-state index contributed by atoms with van der Waals surface area (Å²) in [5.41, 5.74) is 4.96. The van der Waals surface area contributed by atoms with Crippen molar-refractivity contribution >= 4 is 5.69 Å². The molecular formula is C23H22N2. The van der Waals surface area contributed by atoms with Crippen molar-refractivity contribution < 1.29 is 0 Å². The molecule has 1 fully saturated rings. The highest BCUT2D eigenvalue weighted by molar-refractivity contribution is 5.53. The molecule has 1 aromatic heterocycles. The van der Waals surface area contributed by atoms with Crippen LogP contribution >= 0.6 is 0 Å². The Morgan fingerprint density at radius 1 is 0.760 bits per heavy atom. The zero-order valence-corrected chi connectivity index (χ0v) is 14.3. The van der Waals surface area contributed by atoms with Crippen LogP contribution < -0.4 is 4.90 Å². The molecule has 1 saturated heterocycles. The van der Waals surface area contributed by atoms with Crippen molar-refractivity contribution in [1.82, 2.24) is 4.98 Å². The van der Waals surface area contributed by atoms with Crippen molar-refractivity contribution in [3.05, 3.63) is 108 Å². The molecule has 124 valence electrons. The average Bonchev–Trinajstić information content (AvgIpc) is 2.69.